The zero-order valence-corrected chi connectivity index (χ0v) is 8.07. The van der Waals surface area contributed by atoms with E-state index >= 15 is 0 Å². The van der Waals surface area contributed by atoms with Crippen LogP contribution in [0.15, 0.2) is 18.2 Å². The third-order valence-corrected chi connectivity index (χ3v) is 2.63. The first-order valence-corrected chi connectivity index (χ1v) is 4.85. The lowest BCUT2D eigenvalue weighted by Crippen LogP contribution is -2.13. The maximum atomic E-state index is 13.3. The Morgan fingerprint density at radius 1 is 1.53 bits per heavy atom. The van der Waals surface area contributed by atoms with Crippen LogP contribution in [0.4, 0.5) is 10.1 Å². The van der Waals surface area contributed by atoms with Crippen LogP contribution in [0.1, 0.15) is 24.4 Å². The quantitative estimate of drug-likeness (QED) is 0.601. The number of rotatable bonds is 2. The number of nitrogens with zero attached hydrogens (tertiary/aromatic N) is 1. The van der Waals surface area contributed by atoms with Crippen molar-refractivity contribution in [2.24, 2.45) is 0 Å². The van der Waals surface area contributed by atoms with Gasteiger partial charge in [0.1, 0.15) is 0 Å². The zero-order chi connectivity index (χ0) is 10.8. The first-order valence-electron chi connectivity index (χ1n) is 4.85. The molecule has 2 rings (SSSR count). The van der Waals surface area contributed by atoms with Crippen LogP contribution in [-0.4, -0.2) is 11.5 Å². The Balaban J connectivity index is 2.28. The van der Waals surface area contributed by atoms with Crippen molar-refractivity contribution in [2.75, 3.05) is 6.54 Å². The molecule has 0 bridgehead atoms. The Morgan fingerprint density at radius 3 is 2.87 bits per heavy atom. The van der Waals surface area contributed by atoms with Gasteiger partial charge in [-0.2, -0.15) is 4.39 Å². The highest BCUT2D eigenvalue weighted by Gasteiger charge is 2.20. The molecule has 1 fully saturated rings. The summed E-state index contributed by atoms with van der Waals surface area (Å²) in [6.45, 7) is 0.920. The summed E-state index contributed by atoms with van der Waals surface area (Å²) in [6.07, 6.45) is 2.01. The second-order valence-electron chi connectivity index (χ2n) is 3.62. The first-order chi connectivity index (χ1) is 7.18. The highest BCUT2D eigenvalue weighted by atomic mass is 19.1. The minimum Gasteiger partial charge on any atom is -0.310 e. The molecule has 1 heterocycles. The van der Waals surface area contributed by atoms with Gasteiger partial charge in [-0.15, -0.1) is 0 Å². The number of nitro benzene ring substituents is 1. The molecule has 0 radical (unpaired) electrons. The molecular formula is C10H11FN2O2. The summed E-state index contributed by atoms with van der Waals surface area (Å²) in [5, 5.41) is 13.6. The lowest BCUT2D eigenvalue weighted by Gasteiger charge is -2.09. The van der Waals surface area contributed by atoms with Gasteiger partial charge in [0.2, 0.25) is 5.82 Å². The van der Waals surface area contributed by atoms with E-state index in [1.807, 2.05) is 0 Å². The predicted molar refractivity (Wildman–Crippen MR) is 53.0 cm³/mol. The van der Waals surface area contributed by atoms with Crippen LogP contribution in [0.5, 0.6) is 0 Å². The van der Waals surface area contributed by atoms with E-state index in [1.165, 1.54) is 12.1 Å². The molecule has 15 heavy (non-hydrogen) atoms. The van der Waals surface area contributed by atoms with Gasteiger partial charge in [0.15, 0.2) is 0 Å². The number of hydrogen-bond acceptors (Lipinski definition) is 3. The van der Waals surface area contributed by atoms with Gasteiger partial charge in [-0.25, -0.2) is 0 Å². The molecule has 1 aromatic carbocycles. The molecule has 1 aliphatic heterocycles. The summed E-state index contributed by atoms with van der Waals surface area (Å²) >= 11 is 0. The van der Waals surface area contributed by atoms with E-state index in [2.05, 4.69) is 5.32 Å². The molecule has 1 atom stereocenters. The summed E-state index contributed by atoms with van der Waals surface area (Å²) in [6, 6.07) is 4.23. The van der Waals surface area contributed by atoms with E-state index in [4.69, 9.17) is 0 Å². The smallest absolute Gasteiger partial charge is 0.304 e. The van der Waals surface area contributed by atoms with Gasteiger partial charge < -0.3 is 5.32 Å². The monoisotopic (exact) mass is 210 g/mol. The first kappa shape index (κ1) is 10.0. The fraction of sp³-hybridized carbons (Fsp3) is 0.400. The van der Waals surface area contributed by atoms with Crippen LogP contribution >= 0.6 is 0 Å². The van der Waals surface area contributed by atoms with Crippen LogP contribution in [0, 0.1) is 15.9 Å². The number of hydrogen-bond donors (Lipinski definition) is 1. The third kappa shape index (κ3) is 1.97. The molecule has 1 N–H and O–H groups in total. The maximum absolute atomic E-state index is 13.3. The fourth-order valence-electron chi connectivity index (χ4n) is 1.86. The fourth-order valence-corrected chi connectivity index (χ4v) is 1.86. The van der Waals surface area contributed by atoms with Gasteiger partial charge in [0, 0.05) is 12.1 Å². The molecule has 1 aliphatic rings. The van der Waals surface area contributed by atoms with Crippen molar-refractivity contribution in [3.05, 3.63) is 39.7 Å². The van der Waals surface area contributed by atoms with Crippen LogP contribution in [0.25, 0.3) is 0 Å². The standard InChI is InChI=1S/C10H11FN2O2/c11-8-6-7(9-2-1-5-12-9)3-4-10(8)13(14)15/h3-4,6,9,12H,1-2,5H2/t9-/m1/s1. The number of halogens is 1. The van der Waals surface area contributed by atoms with Crippen LogP contribution in [-0.2, 0) is 0 Å². The minimum absolute atomic E-state index is 0.139. The highest BCUT2D eigenvalue weighted by molar-refractivity contribution is 5.36. The number of nitrogens with one attached hydrogen (secondary N) is 1. The molecule has 0 saturated carbocycles. The molecule has 0 aliphatic carbocycles. The molecule has 4 nitrogen and oxygen atoms in total. The van der Waals surface area contributed by atoms with Crippen molar-refractivity contribution >= 4 is 5.69 Å². The summed E-state index contributed by atoms with van der Waals surface area (Å²) in [5.41, 5.74) is 0.326. The van der Waals surface area contributed by atoms with Crippen molar-refractivity contribution < 1.29 is 9.31 Å². The van der Waals surface area contributed by atoms with Crippen molar-refractivity contribution in [2.45, 2.75) is 18.9 Å². The van der Waals surface area contributed by atoms with Gasteiger partial charge in [0.25, 0.3) is 0 Å². The van der Waals surface area contributed by atoms with E-state index in [0.717, 1.165) is 24.9 Å². The minimum atomic E-state index is -0.758. The molecule has 0 unspecified atom stereocenters. The van der Waals surface area contributed by atoms with Crippen LogP contribution in [0.2, 0.25) is 0 Å². The van der Waals surface area contributed by atoms with Crippen molar-refractivity contribution in [1.29, 1.82) is 0 Å². The molecule has 0 spiro atoms. The van der Waals surface area contributed by atoms with Gasteiger partial charge in [-0.3, -0.25) is 10.1 Å². The Labute approximate surface area is 86.3 Å². The summed E-state index contributed by atoms with van der Waals surface area (Å²) in [4.78, 5) is 9.70. The SMILES string of the molecule is O=[N+]([O-])c1ccc([C@H]2CCCN2)cc1F. The topological polar surface area (TPSA) is 55.2 Å². The van der Waals surface area contributed by atoms with E-state index in [1.54, 1.807) is 6.07 Å². The molecule has 80 valence electrons. The van der Waals surface area contributed by atoms with E-state index in [9.17, 15) is 14.5 Å². The average Bonchev–Trinajstić information content (AvgIpc) is 2.69. The molecule has 1 saturated heterocycles. The summed E-state index contributed by atoms with van der Waals surface area (Å²) in [7, 11) is 0. The Bertz CT molecular complexity index is 389. The lowest BCUT2D eigenvalue weighted by molar-refractivity contribution is -0.387. The highest BCUT2D eigenvalue weighted by Crippen LogP contribution is 2.26. The molecule has 0 amide bonds. The maximum Gasteiger partial charge on any atom is 0.304 e. The van der Waals surface area contributed by atoms with E-state index in [0.29, 0.717) is 0 Å². The van der Waals surface area contributed by atoms with Crippen LogP contribution < -0.4 is 5.32 Å². The second-order valence-corrected chi connectivity index (χ2v) is 3.62. The number of nitro groups is 1. The normalized spacial score (nSPS) is 20.5. The van der Waals surface area contributed by atoms with Gasteiger partial charge in [-0.1, -0.05) is 6.07 Å². The van der Waals surface area contributed by atoms with Gasteiger partial charge in [-0.05, 0) is 31.0 Å². The third-order valence-electron chi connectivity index (χ3n) is 2.63. The second kappa shape index (κ2) is 3.94. The molecule has 0 aromatic heterocycles. The van der Waals surface area contributed by atoms with E-state index in [-0.39, 0.29) is 6.04 Å². The predicted octanol–water partition coefficient (Wildman–Crippen LogP) is 2.16. The number of benzene rings is 1. The van der Waals surface area contributed by atoms with Crippen molar-refractivity contribution in [3.63, 3.8) is 0 Å². The Morgan fingerprint density at radius 2 is 2.33 bits per heavy atom. The molecule has 1 aromatic rings. The Hall–Kier alpha value is -1.49. The summed E-state index contributed by atoms with van der Waals surface area (Å²) < 4.78 is 13.3. The van der Waals surface area contributed by atoms with Crippen molar-refractivity contribution in [1.82, 2.24) is 5.32 Å². The average molecular weight is 210 g/mol. The zero-order valence-electron chi connectivity index (χ0n) is 8.07. The lowest BCUT2D eigenvalue weighted by atomic mass is 10.0. The van der Waals surface area contributed by atoms with Gasteiger partial charge in [0.05, 0.1) is 4.92 Å². The van der Waals surface area contributed by atoms with Gasteiger partial charge >= 0.3 is 5.69 Å². The van der Waals surface area contributed by atoms with Crippen molar-refractivity contribution in [3.8, 4) is 0 Å². The summed E-state index contributed by atoms with van der Waals surface area (Å²) in [5.74, 6) is -0.758. The van der Waals surface area contributed by atoms with E-state index < -0.39 is 16.4 Å². The molecular weight excluding hydrogens is 199 g/mol. The Kier molecular flexibility index (Phi) is 2.64. The van der Waals surface area contributed by atoms with Crippen LogP contribution in [0.3, 0.4) is 0 Å². The molecule has 5 heteroatoms. The largest absolute Gasteiger partial charge is 0.310 e.